The molecular formula is C15H16ClF2N3O5S. The summed E-state index contributed by atoms with van der Waals surface area (Å²) in [6.45, 7) is 0. The number of methoxy groups -OCH3 is 3. The van der Waals surface area contributed by atoms with Gasteiger partial charge in [0.05, 0.1) is 31.0 Å². The van der Waals surface area contributed by atoms with Gasteiger partial charge in [0.15, 0.2) is 5.82 Å². The Balaban J connectivity index is 2.60. The molecule has 1 unspecified atom stereocenters. The number of hydrogen-bond acceptors (Lipinski definition) is 7. The predicted octanol–water partition coefficient (Wildman–Crippen LogP) is 2.85. The minimum atomic E-state index is -4.96. The average Bonchev–Trinajstić information content (AvgIpc) is 2.64. The molecule has 0 aliphatic carbocycles. The maximum absolute atomic E-state index is 12.8. The van der Waals surface area contributed by atoms with Gasteiger partial charge in [0, 0.05) is 12.7 Å². The normalized spacial score (nSPS) is 12.7. The molecule has 12 heteroatoms. The molecule has 0 spiro atoms. The molecule has 1 aromatic carbocycles. The quantitative estimate of drug-likeness (QED) is 0.696. The highest BCUT2D eigenvalue weighted by atomic mass is 35.5. The molecule has 1 aromatic heterocycles. The molecule has 0 aliphatic rings. The summed E-state index contributed by atoms with van der Waals surface area (Å²) in [6, 6.07) is 5.71. The van der Waals surface area contributed by atoms with Crippen molar-refractivity contribution >= 4 is 27.3 Å². The summed E-state index contributed by atoms with van der Waals surface area (Å²) in [5.74, 6) is -3.27. The molecule has 0 fully saturated rings. The first-order valence-corrected chi connectivity index (χ1v) is 9.23. The van der Waals surface area contributed by atoms with Crippen LogP contribution in [0.25, 0.3) is 0 Å². The van der Waals surface area contributed by atoms with Gasteiger partial charge in [0.2, 0.25) is 11.8 Å². The largest absolute Gasteiger partial charge is 0.481 e. The minimum Gasteiger partial charge on any atom is -0.481 e. The van der Waals surface area contributed by atoms with Crippen LogP contribution >= 0.6 is 11.6 Å². The van der Waals surface area contributed by atoms with Gasteiger partial charge in [-0.1, -0.05) is 23.7 Å². The van der Waals surface area contributed by atoms with Gasteiger partial charge in [0.1, 0.15) is 6.10 Å². The zero-order chi connectivity index (χ0) is 20.2. The van der Waals surface area contributed by atoms with E-state index in [1.807, 2.05) is 0 Å². The highest BCUT2D eigenvalue weighted by Gasteiger charge is 2.29. The first kappa shape index (κ1) is 21.1. The number of ether oxygens (including phenoxy) is 3. The third-order valence-corrected chi connectivity index (χ3v) is 4.66. The number of nitrogens with one attached hydrogen (secondary N) is 1. The smallest absolute Gasteiger partial charge is 0.355 e. The molecule has 27 heavy (non-hydrogen) atoms. The van der Waals surface area contributed by atoms with Crippen molar-refractivity contribution in [2.45, 2.75) is 11.9 Å². The molecule has 2 aromatic rings. The van der Waals surface area contributed by atoms with E-state index in [4.69, 9.17) is 25.8 Å². The maximum atomic E-state index is 12.8. The number of aromatic nitrogens is 2. The van der Waals surface area contributed by atoms with E-state index in [1.165, 1.54) is 45.6 Å². The molecule has 2 rings (SSSR count). The topological polar surface area (TPSA) is 99.6 Å². The third-order valence-electron chi connectivity index (χ3n) is 3.39. The van der Waals surface area contributed by atoms with Crippen molar-refractivity contribution in [3.05, 3.63) is 40.7 Å². The minimum absolute atomic E-state index is 0.0495. The molecule has 8 nitrogen and oxygen atoms in total. The van der Waals surface area contributed by atoms with Crippen LogP contribution in [0.3, 0.4) is 0 Å². The van der Waals surface area contributed by atoms with Crippen LogP contribution < -0.4 is 14.2 Å². The number of nitrogens with zero attached hydrogens (tertiary/aromatic N) is 2. The number of alkyl halides is 2. The van der Waals surface area contributed by atoms with Crippen LogP contribution in [0.15, 0.2) is 24.3 Å². The van der Waals surface area contributed by atoms with Crippen LogP contribution in [-0.4, -0.2) is 45.5 Å². The van der Waals surface area contributed by atoms with E-state index in [2.05, 4.69) is 9.97 Å². The molecule has 0 radical (unpaired) electrons. The van der Waals surface area contributed by atoms with E-state index < -0.39 is 21.9 Å². The van der Waals surface area contributed by atoms with E-state index in [-0.39, 0.29) is 33.9 Å². The summed E-state index contributed by atoms with van der Waals surface area (Å²) >= 11 is 6.03. The number of sulfonamides is 1. The molecule has 0 amide bonds. The Hall–Kier alpha value is -2.24. The Labute approximate surface area is 159 Å². The Morgan fingerprint density at radius 2 is 1.70 bits per heavy atom. The van der Waals surface area contributed by atoms with Gasteiger partial charge in [-0.05, 0) is 6.07 Å². The summed E-state index contributed by atoms with van der Waals surface area (Å²) in [6.07, 6.45) is -1.05. The fraction of sp³-hybridized carbons (Fsp3) is 0.333. The lowest BCUT2D eigenvalue weighted by Crippen LogP contribution is -2.22. The van der Waals surface area contributed by atoms with E-state index in [0.717, 1.165) is 0 Å². The lowest BCUT2D eigenvalue weighted by atomic mass is 10.1. The van der Waals surface area contributed by atoms with Crippen LogP contribution in [0.4, 0.5) is 14.5 Å². The second kappa shape index (κ2) is 8.63. The Morgan fingerprint density at radius 3 is 2.19 bits per heavy atom. The zero-order valence-corrected chi connectivity index (χ0v) is 16.0. The number of benzene rings is 1. The molecule has 1 heterocycles. The van der Waals surface area contributed by atoms with E-state index in [9.17, 15) is 17.2 Å². The van der Waals surface area contributed by atoms with Gasteiger partial charge in [-0.25, -0.2) is 8.42 Å². The first-order valence-electron chi connectivity index (χ1n) is 7.31. The van der Waals surface area contributed by atoms with Gasteiger partial charge in [0.25, 0.3) is 10.0 Å². The lowest BCUT2D eigenvalue weighted by Gasteiger charge is -2.20. The summed E-state index contributed by atoms with van der Waals surface area (Å²) in [5, 5.41) is -0.103. The molecule has 1 N–H and O–H groups in total. The Bertz CT molecular complexity index is 892. The van der Waals surface area contributed by atoms with Crippen molar-refractivity contribution in [1.29, 1.82) is 0 Å². The monoisotopic (exact) mass is 423 g/mol. The molecule has 0 aliphatic heterocycles. The van der Waals surface area contributed by atoms with Gasteiger partial charge in [-0.3, -0.25) is 4.72 Å². The standard InChI is InChI=1S/C15H16ClF2N3O5S/c1-24-10-7-11(25-2)20-14(19-10)13(26-3)8-5-4-6-9(16)12(8)21-27(22,23)15(17)18/h4-7,13,15,21H,1-3H3. The lowest BCUT2D eigenvalue weighted by molar-refractivity contribution is 0.128. The van der Waals surface area contributed by atoms with Crippen LogP contribution in [0.1, 0.15) is 17.5 Å². The summed E-state index contributed by atoms with van der Waals surface area (Å²) < 4.78 is 66.1. The van der Waals surface area contributed by atoms with Gasteiger partial charge in [-0.15, -0.1) is 0 Å². The van der Waals surface area contributed by atoms with Crippen molar-refractivity contribution in [2.24, 2.45) is 0 Å². The van der Waals surface area contributed by atoms with E-state index in [1.54, 1.807) is 4.72 Å². The van der Waals surface area contributed by atoms with Crippen molar-refractivity contribution < 1.29 is 31.4 Å². The number of para-hydroxylation sites is 1. The molecule has 0 saturated heterocycles. The number of halogens is 3. The van der Waals surface area contributed by atoms with Crippen LogP contribution in [-0.2, 0) is 14.8 Å². The van der Waals surface area contributed by atoms with Crippen molar-refractivity contribution in [3.63, 3.8) is 0 Å². The van der Waals surface area contributed by atoms with Crippen LogP contribution in [0.2, 0.25) is 5.02 Å². The molecular weight excluding hydrogens is 408 g/mol. The Kier molecular flexibility index (Phi) is 6.73. The van der Waals surface area contributed by atoms with Gasteiger partial charge in [-0.2, -0.15) is 18.7 Å². The molecule has 1 atom stereocenters. The van der Waals surface area contributed by atoms with Crippen molar-refractivity contribution in [1.82, 2.24) is 9.97 Å². The van der Waals surface area contributed by atoms with E-state index >= 15 is 0 Å². The van der Waals surface area contributed by atoms with Crippen molar-refractivity contribution in [3.8, 4) is 11.8 Å². The number of anilines is 1. The fourth-order valence-corrected chi connectivity index (χ4v) is 3.06. The van der Waals surface area contributed by atoms with Crippen LogP contribution in [0.5, 0.6) is 11.8 Å². The third kappa shape index (κ3) is 4.73. The Morgan fingerprint density at radius 1 is 1.11 bits per heavy atom. The number of hydrogen-bond donors (Lipinski definition) is 1. The zero-order valence-electron chi connectivity index (χ0n) is 14.4. The fourth-order valence-electron chi connectivity index (χ4n) is 2.17. The highest BCUT2D eigenvalue weighted by molar-refractivity contribution is 7.93. The maximum Gasteiger partial charge on any atom is 0.355 e. The predicted molar refractivity (Wildman–Crippen MR) is 94.0 cm³/mol. The second-order valence-corrected chi connectivity index (χ2v) is 7.10. The first-order chi connectivity index (χ1) is 12.7. The molecule has 0 bridgehead atoms. The molecule has 0 saturated carbocycles. The summed E-state index contributed by atoms with van der Waals surface area (Å²) in [4.78, 5) is 8.29. The second-order valence-electron chi connectivity index (χ2n) is 5.04. The average molecular weight is 424 g/mol. The summed E-state index contributed by atoms with van der Waals surface area (Å²) in [7, 11) is -0.880. The van der Waals surface area contributed by atoms with E-state index in [0.29, 0.717) is 0 Å². The molecule has 148 valence electrons. The van der Waals surface area contributed by atoms with Gasteiger partial charge < -0.3 is 14.2 Å². The SMILES string of the molecule is COc1cc(OC)nc(C(OC)c2cccc(Cl)c2NS(=O)(=O)C(F)F)n1. The van der Waals surface area contributed by atoms with Crippen LogP contribution in [0, 0.1) is 0 Å². The van der Waals surface area contributed by atoms with Gasteiger partial charge >= 0.3 is 5.76 Å². The summed E-state index contributed by atoms with van der Waals surface area (Å²) in [5.41, 5.74) is -0.138. The highest BCUT2D eigenvalue weighted by Crippen LogP contribution is 2.36. The number of rotatable bonds is 8. The van der Waals surface area contributed by atoms with Crippen molar-refractivity contribution in [2.75, 3.05) is 26.1 Å².